The lowest BCUT2D eigenvalue weighted by molar-refractivity contribution is 0.356. The molecular weight excluding hydrogens is 226 g/mol. The second-order valence-electron chi connectivity index (χ2n) is 4.78. The van der Waals surface area contributed by atoms with E-state index in [4.69, 9.17) is 4.52 Å². The maximum atomic E-state index is 5.32. The second-order valence-corrected chi connectivity index (χ2v) is 4.78. The summed E-state index contributed by atoms with van der Waals surface area (Å²) < 4.78 is 5.32. The fourth-order valence-corrected chi connectivity index (χ4v) is 2.38. The van der Waals surface area contributed by atoms with E-state index in [0.717, 1.165) is 30.9 Å². The summed E-state index contributed by atoms with van der Waals surface area (Å²) in [6.45, 7) is 2.21. The van der Waals surface area contributed by atoms with E-state index in [2.05, 4.69) is 15.5 Å². The molecule has 3 rings (SSSR count). The molecule has 0 amide bonds. The Bertz CT molecular complexity index is 489. The highest BCUT2D eigenvalue weighted by Crippen LogP contribution is 2.20. The van der Waals surface area contributed by atoms with Crippen LogP contribution in [-0.4, -0.2) is 23.2 Å². The van der Waals surface area contributed by atoms with Crippen molar-refractivity contribution in [2.24, 2.45) is 5.92 Å². The third-order valence-corrected chi connectivity index (χ3v) is 3.42. The molecule has 4 heteroatoms. The van der Waals surface area contributed by atoms with Gasteiger partial charge in [0.1, 0.15) is 0 Å². The first kappa shape index (κ1) is 11.4. The molecule has 2 heterocycles. The number of nitrogens with zero attached hydrogens (tertiary/aromatic N) is 2. The molecule has 0 unspecified atom stereocenters. The molecule has 0 aliphatic carbocycles. The van der Waals surface area contributed by atoms with Crippen LogP contribution in [0, 0.1) is 5.92 Å². The van der Waals surface area contributed by atoms with Crippen LogP contribution in [0.4, 0.5) is 0 Å². The fourth-order valence-electron chi connectivity index (χ4n) is 2.38. The third kappa shape index (κ3) is 2.59. The summed E-state index contributed by atoms with van der Waals surface area (Å²) in [5.74, 6) is 2.15. The van der Waals surface area contributed by atoms with Gasteiger partial charge in [0.25, 0.3) is 5.89 Å². The average molecular weight is 243 g/mol. The van der Waals surface area contributed by atoms with Crippen molar-refractivity contribution in [3.8, 4) is 11.5 Å². The highest BCUT2D eigenvalue weighted by molar-refractivity contribution is 5.51. The molecule has 94 valence electrons. The molecule has 0 spiro atoms. The summed E-state index contributed by atoms with van der Waals surface area (Å²) in [7, 11) is 0. The van der Waals surface area contributed by atoms with Gasteiger partial charge in [0.15, 0.2) is 5.82 Å². The van der Waals surface area contributed by atoms with Gasteiger partial charge in [-0.05, 0) is 44.0 Å². The Morgan fingerprint density at radius 1 is 1.17 bits per heavy atom. The van der Waals surface area contributed by atoms with Gasteiger partial charge in [-0.3, -0.25) is 0 Å². The summed E-state index contributed by atoms with van der Waals surface area (Å²) in [5, 5.41) is 7.45. The number of rotatable bonds is 3. The number of benzene rings is 1. The first-order valence-corrected chi connectivity index (χ1v) is 6.50. The fraction of sp³-hybridized carbons (Fsp3) is 0.429. The molecule has 1 aromatic carbocycles. The van der Waals surface area contributed by atoms with Gasteiger partial charge in [-0.2, -0.15) is 4.98 Å². The Balaban J connectivity index is 1.69. The zero-order valence-electron chi connectivity index (χ0n) is 10.3. The van der Waals surface area contributed by atoms with Gasteiger partial charge in [0.2, 0.25) is 0 Å². The SMILES string of the molecule is c1ccc(-c2nc(CC3CCNCC3)no2)cc1. The van der Waals surface area contributed by atoms with E-state index < -0.39 is 0 Å². The van der Waals surface area contributed by atoms with E-state index in [1.165, 1.54) is 12.8 Å². The van der Waals surface area contributed by atoms with Crippen LogP contribution in [0.3, 0.4) is 0 Å². The predicted octanol–water partition coefficient (Wildman–Crippen LogP) is 2.28. The molecule has 2 aromatic rings. The van der Waals surface area contributed by atoms with Gasteiger partial charge < -0.3 is 9.84 Å². The zero-order valence-corrected chi connectivity index (χ0v) is 10.3. The predicted molar refractivity (Wildman–Crippen MR) is 69.0 cm³/mol. The van der Waals surface area contributed by atoms with Gasteiger partial charge in [0.05, 0.1) is 0 Å². The molecule has 1 saturated heterocycles. The highest BCUT2D eigenvalue weighted by atomic mass is 16.5. The molecular formula is C14H17N3O. The number of piperidine rings is 1. The van der Waals surface area contributed by atoms with E-state index in [-0.39, 0.29) is 0 Å². The van der Waals surface area contributed by atoms with E-state index >= 15 is 0 Å². The normalized spacial score (nSPS) is 16.9. The Kier molecular flexibility index (Phi) is 3.37. The number of aromatic nitrogens is 2. The van der Waals surface area contributed by atoms with E-state index in [1.54, 1.807) is 0 Å². The number of hydrogen-bond acceptors (Lipinski definition) is 4. The van der Waals surface area contributed by atoms with Crippen LogP contribution in [0.15, 0.2) is 34.9 Å². The first-order chi connectivity index (χ1) is 8.92. The van der Waals surface area contributed by atoms with Crippen LogP contribution >= 0.6 is 0 Å². The van der Waals surface area contributed by atoms with Crippen LogP contribution in [0.5, 0.6) is 0 Å². The van der Waals surface area contributed by atoms with Crippen molar-refractivity contribution in [1.82, 2.24) is 15.5 Å². The minimum Gasteiger partial charge on any atom is -0.334 e. The smallest absolute Gasteiger partial charge is 0.257 e. The van der Waals surface area contributed by atoms with Crippen molar-refractivity contribution >= 4 is 0 Å². The Labute approximate surface area is 106 Å². The van der Waals surface area contributed by atoms with Gasteiger partial charge in [0, 0.05) is 12.0 Å². The lowest BCUT2D eigenvalue weighted by atomic mass is 9.94. The van der Waals surface area contributed by atoms with Crippen LogP contribution in [0.2, 0.25) is 0 Å². The third-order valence-electron chi connectivity index (χ3n) is 3.42. The van der Waals surface area contributed by atoms with Crippen LogP contribution < -0.4 is 5.32 Å². The molecule has 4 nitrogen and oxygen atoms in total. The quantitative estimate of drug-likeness (QED) is 0.898. The Morgan fingerprint density at radius 3 is 2.72 bits per heavy atom. The average Bonchev–Trinajstić information content (AvgIpc) is 2.89. The second kappa shape index (κ2) is 5.31. The van der Waals surface area contributed by atoms with Crippen molar-refractivity contribution in [3.05, 3.63) is 36.2 Å². The minimum absolute atomic E-state index is 0.625. The van der Waals surface area contributed by atoms with Crippen LogP contribution in [-0.2, 0) is 6.42 Å². The van der Waals surface area contributed by atoms with Gasteiger partial charge >= 0.3 is 0 Å². The topological polar surface area (TPSA) is 51.0 Å². The van der Waals surface area contributed by atoms with Gasteiger partial charge in [-0.25, -0.2) is 0 Å². The molecule has 1 aliphatic heterocycles. The summed E-state index contributed by atoms with van der Waals surface area (Å²) in [4.78, 5) is 4.48. The summed E-state index contributed by atoms with van der Waals surface area (Å²) in [6, 6.07) is 9.91. The van der Waals surface area contributed by atoms with Crippen LogP contribution in [0.1, 0.15) is 18.7 Å². The standard InChI is InChI=1S/C14H17N3O/c1-2-4-12(5-3-1)14-16-13(17-18-14)10-11-6-8-15-9-7-11/h1-5,11,15H,6-10H2. The highest BCUT2D eigenvalue weighted by Gasteiger charge is 2.17. The number of hydrogen-bond donors (Lipinski definition) is 1. The van der Waals surface area contributed by atoms with Crippen molar-refractivity contribution < 1.29 is 4.52 Å². The number of nitrogens with one attached hydrogen (secondary N) is 1. The molecule has 0 atom stereocenters. The largest absolute Gasteiger partial charge is 0.334 e. The summed E-state index contributed by atoms with van der Waals surface area (Å²) in [5.41, 5.74) is 0.988. The molecule has 0 radical (unpaired) electrons. The molecule has 0 saturated carbocycles. The molecule has 18 heavy (non-hydrogen) atoms. The van der Waals surface area contributed by atoms with E-state index in [9.17, 15) is 0 Å². The van der Waals surface area contributed by atoms with E-state index in [0.29, 0.717) is 11.8 Å². The monoisotopic (exact) mass is 243 g/mol. The van der Waals surface area contributed by atoms with Gasteiger partial charge in [-0.1, -0.05) is 23.4 Å². The van der Waals surface area contributed by atoms with Gasteiger partial charge in [-0.15, -0.1) is 0 Å². The lowest BCUT2D eigenvalue weighted by Gasteiger charge is -2.20. The summed E-state index contributed by atoms with van der Waals surface area (Å²) >= 11 is 0. The first-order valence-electron chi connectivity index (χ1n) is 6.50. The maximum Gasteiger partial charge on any atom is 0.257 e. The van der Waals surface area contributed by atoms with Crippen molar-refractivity contribution in [3.63, 3.8) is 0 Å². The van der Waals surface area contributed by atoms with Crippen molar-refractivity contribution in [2.75, 3.05) is 13.1 Å². The minimum atomic E-state index is 0.625. The maximum absolute atomic E-state index is 5.32. The molecule has 1 aliphatic rings. The molecule has 1 fully saturated rings. The van der Waals surface area contributed by atoms with E-state index in [1.807, 2.05) is 30.3 Å². The zero-order chi connectivity index (χ0) is 12.2. The summed E-state index contributed by atoms with van der Waals surface area (Å²) in [6.07, 6.45) is 3.34. The van der Waals surface area contributed by atoms with Crippen molar-refractivity contribution in [2.45, 2.75) is 19.3 Å². The Hall–Kier alpha value is -1.68. The molecule has 1 aromatic heterocycles. The lowest BCUT2D eigenvalue weighted by Crippen LogP contribution is -2.28. The van der Waals surface area contributed by atoms with Crippen molar-refractivity contribution in [1.29, 1.82) is 0 Å². The molecule has 1 N–H and O–H groups in total. The molecule has 0 bridgehead atoms. The van der Waals surface area contributed by atoms with Crippen LogP contribution in [0.25, 0.3) is 11.5 Å². The Morgan fingerprint density at radius 2 is 1.94 bits per heavy atom.